The Kier molecular flexibility index (Phi) is 2.48. The molecule has 0 aliphatic carbocycles. The molecule has 9 heavy (non-hydrogen) atoms. The molecule has 1 N–H and O–H groups in total. The fourth-order valence-electron chi connectivity index (χ4n) is 0.510. The first-order chi connectivity index (χ1) is 4.29. The lowest BCUT2D eigenvalue weighted by Gasteiger charge is -1.86. The maximum Gasteiger partial charge on any atom is 0.329 e. The van der Waals surface area contributed by atoms with Gasteiger partial charge in [0.25, 0.3) is 0 Å². The van der Waals surface area contributed by atoms with Gasteiger partial charge in [-0.3, -0.25) is 0 Å². The third-order valence-electron chi connectivity index (χ3n) is 0.813. The summed E-state index contributed by atoms with van der Waals surface area (Å²) in [5.74, 6) is 1.25. The second-order valence-electron chi connectivity index (χ2n) is 1.50. The maximum absolute atomic E-state index is 10.1. The number of hydrogen-bond acceptors (Lipinski definition) is 3. The van der Waals surface area contributed by atoms with Crippen LogP contribution in [0.1, 0.15) is 0 Å². The lowest BCUT2D eigenvalue weighted by atomic mass is 10.7. The molecular weight excluding hydrogens is 156 g/mol. The minimum absolute atomic E-state index is 0.841. The summed E-state index contributed by atoms with van der Waals surface area (Å²) in [5.41, 5.74) is 0. The Morgan fingerprint density at radius 3 is 2.56 bits per heavy atom. The summed E-state index contributed by atoms with van der Waals surface area (Å²) in [4.78, 5) is 10.1. The molecule has 1 rings (SSSR count). The zero-order valence-corrected chi connectivity index (χ0v) is 6.30. The molecular formula is C5H6O2S2. The van der Waals surface area contributed by atoms with Crippen LogP contribution >= 0.6 is 23.5 Å². The Balaban J connectivity index is 2.49. The topological polar surface area (TPSA) is 37.3 Å². The van der Waals surface area contributed by atoms with Gasteiger partial charge in [-0.15, -0.1) is 23.5 Å². The van der Waals surface area contributed by atoms with Crippen molar-refractivity contribution in [1.29, 1.82) is 0 Å². The first-order valence-electron chi connectivity index (χ1n) is 2.49. The van der Waals surface area contributed by atoms with Crippen LogP contribution in [-0.2, 0) is 4.79 Å². The molecule has 0 aromatic carbocycles. The largest absolute Gasteiger partial charge is 0.478 e. The van der Waals surface area contributed by atoms with E-state index in [4.69, 9.17) is 5.11 Å². The first kappa shape index (κ1) is 7.02. The van der Waals surface area contributed by atoms with Crippen molar-refractivity contribution in [2.24, 2.45) is 0 Å². The van der Waals surface area contributed by atoms with Crippen LogP contribution < -0.4 is 0 Å². The fraction of sp³-hybridized carbons (Fsp3) is 0.400. The highest BCUT2D eigenvalue weighted by atomic mass is 32.2. The van der Waals surface area contributed by atoms with Gasteiger partial charge in [-0.25, -0.2) is 4.79 Å². The van der Waals surface area contributed by atoms with Gasteiger partial charge in [0.05, 0.1) is 0 Å². The molecule has 1 aliphatic heterocycles. The van der Waals surface area contributed by atoms with Crippen LogP contribution in [0.5, 0.6) is 0 Å². The zero-order valence-electron chi connectivity index (χ0n) is 4.66. The summed E-state index contributed by atoms with van der Waals surface area (Å²) < 4.78 is 0.933. The van der Waals surface area contributed by atoms with E-state index in [1.54, 1.807) is 23.5 Å². The minimum atomic E-state index is -0.841. The zero-order chi connectivity index (χ0) is 6.69. The second kappa shape index (κ2) is 3.17. The molecule has 1 fully saturated rings. The number of aliphatic carboxylic acids is 1. The van der Waals surface area contributed by atoms with Crippen molar-refractivity contribution in [3.8, 4) is 0 Å². The molecule has 0 spiro atoms. The lowest BCUT2D eigenvalue weighted by molar-refractivity contribution is -0.131. The summed E-state index contributed by atoms with van der Waals surface area (Å²) in [6, 6.07) is 0. The molecule has 0 aromatic rings. The normalized spacial score (nSPS) is 18.0. The number of rotatable bonds is 1. The number of carboxylic acids is 1. The van der Waals surface area contributed by atoms with Crippen LogP contribution in [0, 0.1) is 0 Å². The van der Waals surface area contributed by atoms with Crippen molar-refractivity contribution in [3.63, 3.8) is 0 Å². The van der Waals surface area contributed by atoms with Crippen LogP contribution in [0.3, 0.4) is 0 Å². The van der Waals surface area contributed by atoms with E-state index < -0.39 is 5.97 Å². The predicted octanol–water partition coefficient (Wildman–Crippen LogP) is 1.39. The van der Waals surface area contributed by atoms with E-state index in [1.165, 1.54) is 6.08 Å². The molecule has 0 atom stereocenters. The summed E-state index contributed by atoms with van der Waals surface area (Å²) in [6.07, 6.45) is 1.27. The minimum Gasteiger partial charge on any atom is -0.478 e. The van der Waals surface area contributed by atoms with E-state index >= 15 is 0 Å². The number of hydrogen-bond donors (Lipinski definition) is 1. The van der Waals surface area contributed by atoms with Gasteiger partial charge in [-0.05, 0) is 0 Å². The standard InChI is InChI=1S/C5H6O2S2/c6-4(7)3-5-8-1-2-9-5/h3H,1-2H2,(H,6,7). The van der Waals surface area contributed by atoms with Gasteiger partial charge in [0.2, 0.25) is 0 Å². The predicted molar refractivity (Wildman–Crippen MR) is 40.6 cm³/mol. The molecule has 50 valence electrons. The van der Waals surface area contributed by atoms with Crippen molar-refractivity contribution in [2.45, 2.75) is 0 Å². The van der Waals surface area contributed by atoms with E-state index in [0.29, 0.717) is 0 Å². The van der Waals surface area contributed by atoms with Crippen molar-refractivity contribution in [1.82, 2.24) is 0 Å². The Morgan fingerprint density at radius 1 is 1.56 bits per heavy atom. The van der Waals surface area contributed by atoms with E-state index in [0.717, 1.165) is 15.7 Å². The van der Waals surface area contributed by atoms with Crippen LogP contribution in [0.4, 0.5) is 0 Å². The molecule has 4 heteroatoms. The Labute approximate surface area is 61.7 Å². The van der Waals surface area contributed by atoms with Crippen molar-refractivity contribution >= 4 is 29.5 Å². The maximum atomic E-state index is 10.1. The number of carboxylic acid groups (broad SMARTS) is 1. The molecule has 0 bridgehead atoms. The van der Waals surface area contributed by atoms with E-state index in [2.05, 4.69) is 0 Å². The van der Waals surface area contributed by atoms with Gasteiger partial charge in [-0.2, -0.15) is 0 Å². The molecule has 2 nitrogen and oxygen atoms in total. The molecule has 0 aromatic heterocycles. The Bertz CT molecular complexity index is 145. The van der Waals surface area contributed by atoms with Crippen molar-refractivity contribution in [2.75, 3.05) is 11.5 Å². The molecule has 0 saturated carbocycles. The average Bonchev–Trinajstić information content (AvgIpc) is 2.15. The fourth-order valence-corrected chi connectivity index (χ4v) is 2.78. The highest BCUT2D eigenvalue weighted by Gasteiger charge is 2.08. The van der Waals surface area contributed by atoms with Gasteiger partial charge >= 0.3 is 5.97 Å². The third kappa shape index (κ3) is 2.32. The van der Waals surface area contributed by atoms with Crippen molar-refractivity contribution in [3.05, 3.63) is 10.3 Å². The van der Waals surface area contributed by atoms with E-state index in [1.807, 2.05) is 0 Å². The molecule has 1 aliphatic rings. The van der Waals surface area contributed by atoms with Gasteiger partial charge in [0, 0.05) is 21.8 Å². The molecule has 0 radical (unpaired) electrons. The van der Waals surface area contributed by atoms with Gasteiger partial charge in [0.1, 0.15) is 0 Å². The van der Waals surface area contributed by atoms with Gasteiger partial charge < -0.3 is 5.11 Å². The number of carbonyl (C=O) groups is 1. The quantitative estimate of drug-likeness (QED) is 0.591. The monoisotopic (exact) mass is 162 g/mol. The summed E-state index contributed by atoms with van der Waals surface area (Å²) in [6.45, 7) is 0. The van der Waals surface area contributed by atoms with Crippen LogP contribution in [-0.4, -0.2) is 22.6 Å². The molecule has 1 heterocycles. The van der Waals surface area contributed by atoms with Crippen LogP contribution in [0.25, 0.3) is 0 Å². The lowest BCUT2D eigenvalue weighted by Crippen LogP contribution is -1.86. The summed E-state index contributed by atoms with van der Waals surface area (Å²) >= 11 is 3.23. The van der Waals surface area contributed by atoms with Crippen LogP contribution in [0.2, 0.25) is 0 Å². The van der Waals surface area contributed by atoms with E-state index in [-0.39, 0.29) is 0 Å². The Hall–Kier alpha value is -0.0900. The summed E-state index contributed by atoms with van der Waals surface area (Å²) in [7, 11) is 0. The Morgan fingerprint density at radius 2 is 2.11 bits per heavy atom. The van der Waals surface area contributed by atoms with Gasteiger partial charge in [-0.1, -0.05) is 0 Å². The molecule has 1 saturated heterocycles. The molecule has 0 unspecified atom stereocenters. The van der Waals surface area contributed by atoms with Crippen molar-refractivity contribution < 1.29 is 9.90 Å². The van der Waals surface area contributed by atoms with E-state index in [9.17, 15) is 4.79 Å². The van der Waals surface area contributed by atoms with Gasteiger partial charge in [0.15, 0.2) is 0 Å². The number of thioether (sulfide) groups is 2. The second-order valence-corrected chi connectivity index (χ2v) is 4.03. The highest BCUT2D eigenvalue weighted by Crippen LogP contribution is 2.35. The third-order valence-corrected chi connectivity index (χ3v) is 3.40. The molecule has 0 amide bonds. The highest BCUT2D eigenvalue weighted by molar-refractivity contribution is 8.25. The first-order valence-corrected chi connectivity index (χ1v) is 4.46. The SMILES string of the molecule is O=C(O)C=C1SCCS1. The smallest absolute Gasteiger partial charge is 0.329 e. The average molecular weight is 162 g/mol. The van der Waals surface area contributed by atoms with Crippen LogP contribution in [0.15, 0.2) is 10.3 Å². The summed E-state index contributed by atoms with van der Waals surface area (Å²) in [5, 5.41) is 8.27.